The van der Waals surface area contributed by atoms with Gasteiger partial charge >= 0.3 is 0 Å². The number of ether oxygens (including phenoxy) is 2. The van der Waals surface area contributed by atoms with E-state index in [1.54, 1.807) is 13.0 Å². The maximum absolute atomic E-state index is 15.2. The van der Waals surface area contributed by atoms with Gasteiger partial charge < -0.3 is 9.47 Å². The van der Waals surface area contributed by atoms with Crippen LogP contribution in [0.25, 0.3) is 11.1 Å². The second kappa shape index (κ2) is 12.3. The molecular formula is C30H36F4O2. The van der Waals surface area contributed by atoms with Gasteiger partial charge in [0.15, 0.2) is 23.2 Å². The van der Waals surface area contributed by atoms with Gasteiger partial charge in [0.25, 0.3) is 0 Å². The molecule has 0 atom stereocenters. The standard InChI is InChI=1S/C30H36F4O2/c1-3-5-18-36-22-12-10-20(11-13-22)19-6-8-21(9-7-19)23-14-15-24(28(32)27(23)31)25-16-17-26(35-4-2)30(34)29(25)33/h3,5,14-17,19-22H,4,6-13,18H2,1-2H3. The zero-order valence-electron chi connectivity index (χ0n) is 21.2. The van der Waals surface area contributed by atoms with Gasteiger partial charge in [0.1, 0.15) is 0 Å². The molecule has 0 unspecified atom stereocenters. The molecule has 196 valence electrons. The van der Waals surface area contributed by atoms with E-state index in [2.05, 4.69) is 0 Å². The molecule has 2 aliphatic rings. The first-order valence-electron chi connectivity index (χ1n) is 13.3. The van der Waals surface area contributed by atoms with Crippen LogP contribution in [0.4, 0.5) is 17.6 Å². The minimum Gasteiger partial charge on any atom is -0.491 e. The molecule has 0 N–H and O–H groups in total. The second-order valence-corrected chi connectivity index (χ2v) is 10.1. The van der Waals surface area contributed by atoms with Crippen molar-refractivity contribution >= 4 is 0 Å². The molecule has 0 aliphatic heterocycles. The summed E-state index contributed by atoms with van der Waals surface area (Å²) >= 11 is 0. The summed E-state index contributed by atoms with van der Waals surface area (Å²) in [6, 6.07) is 5.38. The van der Waals surface area contributed by atoms with E-state index in [9.17, 15) is 8.78 Å². The van der Waals surface area contributed by atoms with Crippen LogP contribution in [0.15, 0.2) is 36.4 Å². The fraction of sp³-hybridized carbons (Fsp3) is 0.533. The average Bonchev–Trinajstić information content (AvgIpc) is 2.90. The SMILES string of the molecule is CC=CCOC1CCC(C2CCC(c3ccc(-c4ccc(OCC)c(F)c4F)c(F)c3F)CC2)CC1. The Morgan fingerprint density at radius 2 is 1.33 bits per heavy atom. The zero-order chi connectivity index (χ0) is 25.7. The van der Waals surface area contributed by atoms with Crippen molar-refractivity contribution in [3.05, 3.63) is 65.2 Å². The summed E-state index contributed by atoms with van der Waals surface area (Å²) in [6.45, 7) is 4.49. The van der Waals surface area contributed by atoms with Gasteiger partial charge in [-0.15, -0.1) is 0 Å². The van der Waals surface area contributed by atoms with Gasteiger partial charge in [0, 0.05) is 11.1 Å². The molecule has 0 spiro atoms. The van der Waals surface area contributed by atoms with E-state index in [0.717, 1.165) is 51.4 Å². The number of allylic oxidation sites excluding steroid dienone is 1. The first kappa shape index (κ1) is 26.7. The van der Waals surface area contributed by atoms with Crippen molar-refractivity contribution < 1.29 is 27.0 Å². The lowest BCUT2D eigenvalue weighted by atomic mass is 9.69. The van der Waals surface area contributed by atoms with E-state index in [0.29, 0.717) is 30.1 Å². The van der Waals surface area contributed by atoms with Gasteiger partial charge in [-0.3, -0.25) is 0 Å². The van der Waals surface area contributed by atoms with E-state index >= 15 is 8.78 Å². The van der Waals surface area contributed by atoms with E-state index in [-0.39, 0.29) is 29.4 Å². The minimum absolute atomic E-state index is 0.0628. The van der Waals surface area contributed by atoms with Crippen molar-refractivity contribution in [2.24, 2.45) is 11.8 Å². The Kier molecular flexibility index (Phi) is 9.10. The Morgan fingerprint density at radius 1 is 0.750 bits per heavy atom. The molecular weight excluding hydrogens is 468 g/mol. The number of benzene rings is 2. The van der Waals surface area contributed by atoms with E-state index in [1.165, 1.54) is 18.2 Å². The molecule has 2 fully saturated rings. The highest BCUT2D eigenvalue weighted by Gasteiger charge is 2.33. The third kappa shape index (κ3) is 5.80. The van der Waals surface area contributed by atoms with Crippen LogP contribution in [0.1, 0.15) is 76.7 Å². The fourth-order valence-corrected chi connectivity index (χ4v) is 6.01. The molecule has 0 bridgehead atoms. The molecule has 0 saturated heterocycles. The quantitative estimate of drug-likeness (QED) is 0.264. The molecule has 2 nitrogen and oxygen atoms in total. The van der Waals surface area contributed by atoms with E-state index in [1.807, 2.05) is 19.1 Å². The van der Waals surface area contributed by atoms with Crippen LogP contribution in [0.2, 0.25) is 0 Å². The first-order chi connectivity index (χ1) is 17.4. The van der Waals surface area contributed by atoms with Gasteiger partial charge in [-0.1, -0.05) is 24.3 Å². The van der Waals surface area contributed by atoms with Crippen molar-refractivity contribution in [3.8, 4) is 16.9 Å². The highest BCUT2D eigenvalue weighted by Crippen LogP contribution is 2.44. The van der Waals surface area contributed by atoms with Crippen molar-refractivity contribution in [1.29, 1.82) is 0 Å². The highest BCUT2D eigenvalue weighted by molar-refractivity contribution is 5.66. The van der Waals surface area contributed by atoms with Crippen molar-refractivity contribution in [3.63, 3.8) is 0 Å². The van der Waals surface area contributed by atoms with Crippen LogP contribution in [-0.4, -0.2) is 19.3 Å². The maximum atomic E-state index is 15.2. The van der Waals surface area contributed by atoms with Gasteiger partial charge in [0.2, 0.25) is 5.82 Å². The van der Waals surface area contributed by atoms with E-state index < -0.39 is 23.3 Å². The Balaban J connectivity index is 1.39. The van der Waals surface area contributed by atoms with Crippen molar-refractivity contribution in [2.45, 2.75) is 77.2 Å². The Hall–Kier alpha value is -2.34. The molecule has 0 radical (unpaired) electrons. The smallest absolute Gasteiger partial charge is 0.201 e. The number of halogens is 4. The summed E-state index contributed by atoms with van der Waals surface area (Å²) in [7, 11) is 0. The summed E-state index contributed by atoms with van der Waals surface area (Å²) in [5.41, 5.74) is -0.256. The lowest BCUT2D eigenvalue weighted by Crippen LogP contribution is -2.28. The largest absolute Gasteiger partial charge is 0.491 e. The van der Waals surface area contributed by atoms with Crippen LogP contribution in [-0.2, 0) is 4.74 Å². The van der Waals surface area contributed by atoms with Crippen molar-refractivity contribution in [2.75, 3.05) is 13.2 Å². The molecule has 36 heavy (non-hydrogen) atoms. The molecule has 4 rings (SSSR count). The number of hydrogen-bond acceptors (Lipinski definition) is 2. The molecule has 6 heteroatoms. The lowest BCUT2D eigenvalue weighted by Gasteiger charge is -2.38. The Labute approximate surface area is 211 Å². The predicted octanol–water partition coefficient (Wildman–Crippen LogP) is 8.73. The van der Waals surface area contributed by atoms with Gasteiger partial charge in [0.05, 0.1) is 19.3 Å². The molecule has 2 aromatic rings. The molecule has 0 aromatic heterocycles. The van der Waals surface area contributed by atoms with Crippen LogP contribution >= 0.6 is 0 Å². The minimum atomic E-state index is -1.24. The first-order valence-corrected chi connectivity index (χ1v) is 13.3. The summed E-state index contributed by atoms with van der Waals surface area (Å²) in [5.74, 6) is -3.55. The Bertz CT molecular complexity index is 1050. The summed E-state index contributed by atoms with van der Waals surface area (Å²) in [5, 5.41) is 0. The lowest BCUT2D eigenvalue weighted by molar-refractivity contribution is 0.0222. The highest BCUT2D eigenvalue weighted by atomic mass is 19.2. The van der Waals surface area contributed by atoms with Gasteiger partial charge in [-0.05, 0) is 101 Å². The molecule has 0 amide bonds. The molecule has 2 saturated carbocycles. The molecule has 0 heterocycles. The topological polar surface area (TPSA) is 18.5 Å². The Morgan fingerprint density at radius 3 is 1.94 bits per heavy atom. The summed E-state index contributed by atoms with van der Waals surface area (Å²) < 4.78 is 70.1. The predicted molar refractivity (Wildman–Crippen MR) is 134 cm³/mol. The number of hydrogen-bond donors (Lipinski definition) is 0. The molecule has 2 aliphatic carbocycles. The monoisotopic (exact) mass is 504 g/mol. The number of rotatable bonds is 8. The van der Waals surface area contributed by atoms with Gasteiger partial charge in [-0.25, -0.2) is 13.2 Å². The second-order valence-electron chi connectivity index (χ2n) is 10.1. The van der Waals surface area contributed by atoms with E-state index in [4.69, 9.17) is 9.47 Å². The van der Waals surface area contributed by atoms with Gasteiger partial charge in [-0.2, -0.15) is 4.39 Å². The third-order valence-corrected chi connectivity index (χ3v) is 8.01. The van der Waals surface area contributed by atoms with Crippen LogP contribution in [0, 0.1) is 35.1 Å². The fourth-order valence-electron chi connectivity index (χ4n) is 6.01. The van der Waals surface area contributed by atoms with Crippen molar-refractivity contribution in [1.82, 2.24) is 0 Å². The third-order valence-electron chi connectivity index (χ3n) is 8.01. The summed E-state index contributed by atoms with van der Waals surface area (Å²) in [6.07, 6.45) is 12.5. The average molecular weight is 505 g/mol. The van der Waals surface area contributed by atoms with Crippen LogP contribution in [0.3, 0.4) is 0 Å². The maximum Gasteiger partial charge on any atom is 0.201 e. The van der Waals surface area contributed by atoms with Crippen LogP contribution < -0.4 is 4.74 Å². The summed E-state index contributed by atoms with van der Waals surface area (Å²) in [4.78, 5) is 0. The normalized spacial score (nSPS) is 24.8. The van der Waals surface area contributed by atoms with Crippen LogP contribution in [0.5, 0.6) is 5.75 Å². The zero-order valence-corrected chi connectivity index (χ0v) is 21.2. The molecule has 2 aromatic carbocycles.